The van der Waals surface area contributed by atoms with Gasteiger partial charge in [-0.15, -0.1) is 0 Å². The quantitative estimate of drug-likeness (QED) is 0.210. The molecule has 5 heteroatoms. The number of anilines is 1. The predicted molar refractivity (Wildman–Crippen MR) is 157 cm³/mol. The lowest BCUT2D eigenvalue weighted by Crippen LogP contribution is -2.14. The van der Waals surface area contributed by atoms with Gasteiger partial charge >= 0.3 is 5.97 Å². The summed E-state index contributed by atoms with van der Waals surface area (Å²) < 4.78 is 16.3. The second-order valence-electron chi connectivity index (χ2n) is 11.2. The highest BCUT2D eigenvalue weighted by molar-refractivity contribution is 5.75. The molecule has 0 heterocycles. The summed E-state index contributed by atoms with van der Waals surface area (Å²) in [5.74, 6) is 1.08. The normalized spacial score (nSPS) is 16.7. The summed E-state index contributed by atoms with van der Waals surface area (Å²) >= 11 is 0. The maximum absolute atomic E-state index is 12.1. The van der Waals surface area contributed by atoms with Crippen molar-refractivity contribution < 1.29 is 19.0 Å². The van der Waals surface area contributed by atoms with Crippen LogP contribution in [0.2, 0.25) is 0 Å². The molecule has 3 aromatic carbocycles. The number of nitrogens with one attached hydrogen (secondary N) is 1. The average Bonchev–Trinajstić information content (AvgIpc) is 3.63. The standard InChI is InChI=1S/C34H41NO4/c1-6-38-14-15-39-28-16-22(2)33(23(3)17-28)29-9-7-8-25(24(29)4)21-35-27-10-11-30-26(18-27)20-34(12-13-34)31(30)19-32(36)37-5/h7-11,16-18,31,35H,6,12-15,19-21H2,1-5H3. The molecule has 3 aromatic rings. The van der Waals surface area contributed by atoms with E-state index < -0.39 is 0 Å². The van der Waals surface area contributed by atoms with Gasteiger partial charge in [0.1, 0.15) is 12.4 Å². The predicted octanol–water partition coefficient (Wildman–Crippen LogP) is 7.29. The van der Waals surface area contributed by atoms with Crippen LogP contribution in [0.1, 0.15) is 65.5 Å². The molecular formula is C34H41NO4. The Morgan fingerprint density at radius 3 is 2.49 bits per heavy atom. The van der Waals surface area contributed by atoms with E-state index in [2.05, 4.69) is 74.6 Å². The van der Waals surface area contributed by atoms with Crippen LogP contribution in [-0.4, -0.2) is 32.9 Å². The Morgan fingerprint density at radius 1 is 1.03 bits per heavy atom. The maximum Gasteiger partial charge on any atom is 0.306 e. The zero-order valence-electron chi connectivity index (χ0n) is 24.0. The zero-order chi connectivity index (χ0) is 27.6. The molecule has 0 aliphatic heterocycles. The number of fused-ring (bicyclic) bond motifs is 1. The van der Waals surface area contributed by atoms with Crippen molar-refractivity contribution in [3.63, 3.8) is 0 Å². The minimum absolute atomic E-state index is 0.106. The number of esters is 1. The summed E-state index contributed by atoms with van der Waals surface area (Å²) in [5, 5.41) is 3.67. The van der Waals surface area contributed by atoms with Crippen LogP contribution < -0.4 is 10.1 Å². The average molecular weight is 528 g/mol. The smallest absolute Gasteiger partial charge is 0.306 e. The fourth-order valence-electron chi connectivity index (χ4n) is 6.44. The number of rotatable bonds is 11. The zero-order valence-corrected chi connectivity index (χ0v) is 24.0. The maximum atomic E-state index is 12.1. The van der Waals surface area contributed by atoms with Crippen LogP contribution in [0.15, 0.2) is 48.5 Å². The minimum atomic E-state index is -0.106. The van der Waals surface area contributed by atoms with Gasteiger partial charge in [0.25, 0.3) is 0 Å². The van der Waals surface area contributed by atoms with Crippen molar-refractivity contribution in [2.75, 3.05) is 32.2 Å². The molecule has 0 aromatic heterocycles. The first kappa shape index (κ1) is 27.3. The van der Waals surface area contributed by atoms with Crippen molar-refractivity contribution in [2.45, 2.75) is 65.8 Å². The van der Waals surface area contributed by atoms with Crippen molar-refractivity contribution in [3.05, 3.63) is 81.9 Å². The summed E-state index contributed by atoms with van der Waals surface area (Å²) in [5.41, 5.74) is 11.7. The monoisotopic (exact) mass is 527 g/mol. The van der Waals surface area contributed by atoms with Crippen LogP contribution in [-0.2, 0) is 27.2 Å². The molecule has 1 N–H and O–H groups in total. The van der Waals surface area contributed by atoms with Crippen LogP contribution in [0, 0.1) is 26.2 Å². The van der Waals surface area contributed by atoms with Crippen LogP contribution in [0.25, 0.3) is 11.1 Å². The van der Waals surface area contributed by atoms with Gasteiger partial charge in [0, 0.05) is 24.8 Å². The number of methoxy groups -OCH3 is 1. The third-order valence-electron chi connectivity index (χ3n) is 8.70. The molecule has 206 valence electrons. The fraction of sp³-hybridized carbons (Fsp3) is 0.441. The highest BCUT2D eigenvalue weighted by Crippen LogP contribution is 2.64. The highest BCUT2D eigenvalue weighted by Gasteiger charge is 2.54. The number of carbonyl (C=O) groups excluding carboxylic acids is 1. The second kappa shape index (κ2) is 11.4. The SMILES string of the molecule is CCOCCOc1cc(C)c(-c2cccc(CNc3ccc4c(c3)CC3(CC3)C4CC(=O)OC)c2C)c(C)c1. The molecule has 1 atom stereocenters. The Labute approximate surface area is 232 Å². The van der Waals surface area contributed by atoms with Gasteiger partial charge in [-0.2, -0.15) is 0 Å². The molecule has 0 radical (unpaired) electrons. The van der Waals surface area contributed by atoms with E-state index in [9.17, 15) is 4.79 Å². The summed E-state index contributed by atoms with van der Waals surface area (Å²) in [6.45, 7) is 11.1. The topological polar surface area (TPSA) is 56.8 Å². The molecule has 2 aliphatic rings. The molecule has 0 amide bonds. The molecule has 1 spiro atoms. The second-order valence-corrected chi connectivity index (χ2v) is 11.2. The number of aryl methyl sites for hydroxylation is 2. The molecule has 1 saturated carbocycles. The Kier molecular flexibility index (Phi) is 7.99. The summed E-state index contributed by atoms with van der Waals surface area (Å²) in [7, 11) is 1.49. The van der Waals surface area contributed by atoms with Gasteiger partial charge in [0.2, 0.25) is 0 Å². The first-order valence-corrected chi connectivity index (χ1v) is 14.2. The van der Waals surface area contributed by atoms with E-state index in [1.165, 1.54) is 64.5 Å². The molecule has 0 bridgehead atoms. The van der Waals surface area contributed by atoms with Crippen molar-refractivity contribution in [3.8, 4) is 16.9 Å². The van der Waals surface area contributed by atoms with Gasteiger partial charge in [-0.25, -0.2) is 0 Å². The van der Waals surface area contributed by atoms with E-state index in [0.717, 1.165) is 24.4 Å². The molecule has 2 aliphatic carbocycles. The molecule has 0 saturated heterocycles. The van der Waals surface area contributed by atoms with Crippen LogP contribution in [0.5, 0.6) is 5.75 Å². The third kappa shape index (κ3) is 5.69. The minimum Gasteiger partial charge on any atom is -0.491 e. The lowest BCUT2D eigenvalue weighted by molar-refractivity contribution is -0.141. The lowest BCUT2D eigenvalue weighted by Gasteiger charge is -2.19. The lowest BCUT2D eigenvalue weighted by atomic mass is 9.87. The van der Waals surface area contributed by atoms with Gasteiger partial charge in [-0.3, -0.25) is 4.79 Å². The fourth-order valence-corrected chi connectivity index (χ4v) is 6.44. The van der Waals surface area contributed by atoms with Crippen LogP contribution in [0.3, 0.4) is 0 Å². The first-order chi connectivity index (χ1) is 18.8. The number of hydrogen-bond donors (Lipinski definition) is 1. The summed E-state index contributed by atoms with van der Waals surface area (Å²) in [6.07, 6.45) is 3.97. The van der Waals surface area contributed by atoms with Gasteiger partial charge in [0.15, 0.2) is 0 Å². The van der Waals surface area contributed by atoms with Crippen molar-refractivity contribution in [1.82, 2.24) is 0 Å². The largest absolute Gasteiger partial charge is 0.491 e. The van der Waals surface area contributed by atoms with E-state index >= 15 is 0 Å². The van der Waals surface area contributed by atoms with Crippen molar-refractivity contribution in [1.29, 1.82) is 0 Å². The van der Waals surface area contributed by atoms with Crippen molar-refractivity contribution in [2.24, 2.45) is 5.41 Å². The molecule has 5 rings (SSSR count). The van der Waals surface area contributed by atoms with Crippen molar-refractivity contribution >= 4 is 11.7 Å². The summed E-state index contributed by atoms with van der Waals surface area (Å²) in [6, 6.07) is 17.5. The van der Waals surface area contributed by atoms with E-state index in [1.807, 2.05) is 6.92 Å². The number of benzene rings is 3. The highest BCUT2D eigenvalue weighted by atomic mass is 16.5. The summed E-state index contributed by atoms with van der Waals surface area (Å²) in [4.78, 5) is 12.1. The van der Waals surface area contributed by atoms with Gasteiger partial charge in [0.05, 0.1) is 20.1 Å². The van der Waals surface area contributed by atoms with E-state index in [0.29, 0.717) is 32.2 Å². The number of carbonyl (C=O) groups is 1. The molecule has 1 fully saturated rings. The Morgan fingerprint density at radius 2 is 1.79 bits per heavy atom. The van der Waals surface area contributed by atoms with Crippen LogP contribution >= 0.6 is 0 Å². The first-order valence-electron chi connectivity index (χ1n) is 14.2. The third-order valence-corrected chi connectivity index (χ3v) is 8.70. The van der Waals surface area contributed by atoms with Gasteiger partial charge in [-0.05, 0) is 121 Å². The van der Waals surface area contributed by atoms with E-state index in [1.54, 1.807) is 0 Å². The molecule has 1 unspecified atom stereocenters. The van der Waals surface area contributed by atoms with Gasteiger partial charge < -0.3 is 19.5 Å². The molecule has 5 nitrogen and oxygen atoms in total. The molecular weight excluding hydrogens is 486 g/mol. The number of hydrogen-bond acceptors (Lipinski definition) is 5. The van der Waals surface area contributed by atoms with E-state index in [4.69, 9.17) is 14.2 Å². The van der Waals surface area contributed by atoms with Gasteiger partial charge in [-0.1, -0.05) is 24.3 Å². The van der Waals surface area contributed by atoms with Crippen LogP contribution in [0.4, 0.5) is 5.69 Å². The Balaban J connectivity index is 1.30. The van der Waals surface area contributed by atoms with E-state index in [-0.39, 0.29) is 11.4 Å². The number of ether oxygens (including phenoxy) is 3. The Bertz CT molecular complexity index is 1330. The Hall–Kier alpha value is -3.31. The molecule has 39 heavy (non-hydrogen) atoms.